The number of benzene rings is 1. The predicted molar refractivity (Wildman–Crippen MR) is 100 cm³/mol. The highest BCUT2D eigenvalue weighted by atomic mass is 19.4. The molecule has 0 atom stereocenters. The first kappa shape index (κ1) is 21.7. The van der Waals surface area contributed by atoms with Gasteiger partial charge < -0.3 is 20.1 Å². The number of hydrogen-bond donors (Lipinski definition) is 1. The highest BCUT2D eigenvalue weighted by Gasteiger charge is 2.41. The van der Waals surface area contributed by atoms with E-state index in [2.05, 4.69) is 10.5 Å². The number of allylic oxidation sites excluding steroid dienone is 1. The van der Waals surface area contributed by atoms with E-state index < -0.39 is 23.4 Å². The molecule has 1 aromatic heterocycles. The second-order valence-electron chi connectivity index (χ2n) is 6.98. The van der Waals surface area contributed by atoms with E-state index in [-0.39, 0.29) is 13.1 Å². The second-order valence-corrected chi connectivity index (χ2v) is 6.98. The first-order valence-electron chi connectivity index (χ1n) is 9.47. The van der Waals surface area contributed by atoms with Gasteiger partial charge in [0.05, 0.1) is 12.6 Å². The summed E-state index contributed by atoms with van der Waals surface area (Å²) in [7, 11) is 0. The van der Waals surface area contributed by atoms with E-state index in [0.717, 1.165) is 29.8 Å². The Morgan fingerprint density at radius 2 is 2.13 bits per heavy atom. The van der Waals surface area contributed by atoms with Crippen molar-refractivity contribution in [2.75, 3.05) is 19.7 Å². The average Bonchev–Trinajstić information content (AvgIpc) is 3.34. The van der Waals surface area contributed by atoms with Crippen molar-refractivity contribution in [2.24, 2.45) is 0 Å². The third-order valence-electron chi connectivity index (χ3n) is 4.78. The molecular formula is C20H22F3N4O3-. The maximum Gasteiger partial charge on any atom is 0.432 e. The number of carboxylic acids is 1. The molecule has 30 heavy (non-hydrogen) atoms. The van der Waals surface area contributed by atoms with Crippen LogP contribution in [-0.4, -0.2) is 46.6 Å². The van der Waals surface area contributed by atoms with Crippen molar-refractivity contribution >= 4 is 5.97 Å². The Kier molecular flexibility index (Phi) is 6.66. The van der Waals surface area contributed by atoms with E-state index in [0.29, 0.717) is 13.0 Å². The molecule has 7 nitrogen and oxygen atoms in total. The quantitative estimate of drug-likeness (QED) is 0.617. The van der Waals surface area contributed by atoms with Crippen molar-refractivity contribution in [2.45, 2.75) is 32.5 Å². The molecule has 0 unspecified atom stereocenters. The molecule has 0 fully saturated rings. The second kappa shape index (κ2) is 9.21. The van der Waals surface area contributed by atoms with Crippen LogP contribution in [0.3, 0.4) is 0 Å². The van der Waals surface area contributed by atoms with Crippen LogP contribution in [0.5, 0.6) is 5.75 Å². The molecule has 1 aliphatic rings. The molecule has 1 aromatic carbocycles. The Morgan fingerprint density at radius 1 is 1.33 bits per heavy atom. The molecule has 0 amide bonds. The number of ether oxygens (including phenoxy) is 1. The van der Waals surface area contributed by atoms with Crippen LogP contribution in [-0.2, 0) is 17.8 Å². The molecule has 1 N–H and O–H groups in total. The van der Waals surface area contributed by atoms with Gasteiger partial charge in [-0.15, -0.1) is 0 Å². The summed E-state index contributed by atoms with van der Waals surface area (Å²) in [6, 6.07) is 7.43. The largest absolute Gasteiger partial charge is 0.545 e. The number of alkyl halides is 3. The minimum Gasteiger partial charge on any atom is -0.545 e. The van der Waals surface area contributed by atoms with Crippen LogP contribution in [0.25, 0.3) is 0 Å². The summed E-state index contributed by atoms with van der Waals surface area (Å²) < 4.78 is 46.5. The van der Waals surface area contributed by atoms with Gasteiger partial charge in [0.1, 0.15) is 11.4 Å². The summed E-state index contributed by atoms with van der Waals surface area (Å²) in [5.74, 6) is -1.10. The Bertz CT molecular complexity index is 911. The van der Waals surface area contributed by atoms with Gasteiger partial charge in [-0.1, -0.05) is 6.07 Å². The molecule has 2 heterocycles. The lowest BCUT2D eigenvalue weighted by atomic mass is 10.1. The SMILES string of the molecule is Cc1cc(OCCCn2cccn2)ccc1CCN1CC(C(=O)[O-])=C(C(F)(F)F)N1. The monoisotopic (exact) mass is 423 g/mol. The minimum atomic E-state index is -4.77. The zero-order chi connectivity index (χ0) is 21.7. The maximum absolute atomic E-state index is 13.0. The predicted octanol–water partition coefficient (Wildman–Crippen LogP) is 1.59. The zero-order valence-corrected chi connectivity index (χ0v) is 16.4. The van der Waals surface area contributed by atoms with Gasteiger partial charge in [0, 0.05) is 44.0 Å². The van der Waals surface area contributed by atoms with Gasteiger partial charge in [-0.25, -0.2) is 5.01 Å². The molecule has 162 valence electrons. The number of carbonyl (C=O) groups is 1. The summed E-state index contributed by atoms with van der Waals surface area (Å²) >= 11 is 0. The van der Waals surface area contributed by atoms with Gasteiger partial charge in [-0.05, 0) is 42.7 Å². The van der Waals surface area contributed by atoms with Gasteiger partial charge in [-0.2, -0.15) is 18.3 Å². The minimum absolute atomic E-state index is 0.210. The van der Waals surface area contributed by atoms with Gasteiger partial charge in [-0.3, -0.25) is 4.68 Å². The van der Waals surface area contributed by atoms with Gasteiger partial charge in [0.2, 0.25) is 0 Å². The number of nitrogens with zero attached hydrogens (tertiary/aromatic N) is 3. The van der Waals surface area contributed by atoms with Crippen molar-refractivity contribution in [1.82, 2.24) is 20.2 Å². The maximum atomic E-state index is 13.0. The van der Waals surface area contributed by atoms with Crippen molar-refractivity contribution in [3.8, 4) is 5.75 Å². The standard InChI is InChI=1S/C20H23F3N4O3/c1-14-12-16(30-11-3-9-26-8-2-7-24-26)5-4-15(14)6-10-27-13-17(19(28)29)18(25-27)20(21,22)23/h2,4-5,7-8,12,25H,3,6,9-11,13H2,1H3,(H,28,29)/p-1. The summed E-state index contributed by atoms with van der Waals surface area (Å²) in [6.45, 7) is 3.03. The molecule has 0 aliphatic carbocycles. The average molecular weight is 423 g/mol. The summed E-state index contributed by atoms with van der Waals surface area (Å²) in [6.07, 6.45) is 0.0933. The lowest BCUT2D eigenvalue weighted by molar-refractivity contribution is -0.299. The molecule has 3 rings (SSSR count). The van der Waals surface area contributed by atoms with Crippen LogP contribution in [0.4, 0.5) is 13.2 Å². The van der Waals surface area contributed by atoms with E-state index in [1.54, 1.807) is 6.20 Å². The van der Waals surface area contributed by atoms with E-state index in [4.69, 9.17) is 4.74 Å². The lowest BCUT2D eigenvalue weighted by Crippen LogP contribution is -2.37. The fourth-order valence-electron chi connectivity index (χ4n) is 3.21. The first-order valence-corrected chi connectivity index (χ1v) is 9.47. The number of nitrogens with one attached hydrogen (secondary N) is 1. The topological polar surface area (TPSA) is 82.5 Å². The third kappa shape index (κ3) is 5.53. The van der Waals surface area contributed by atoms with E-state index in [1.165, 1.54) is 5.01 Å². The van der Waals surface area contributed by atoms with Crippen LogP contribution in [0.1, 0.15) is 17.5 Å². The van der Waals surface area contributed by atoms with Crippen molar-refractivity contribution in [3.63, 3.8) is 0 Å². The van der Waals surface area contributed by atoms with Crippen LogP contribution in [0.2, 0.25) is 0 Å². The van der Waals surface area contributed by atoms with Crippen LogP contribution in [0, 0.1) is 6.92 Å². The highest BCUT2D eigenvalue weighted by Crippen LogP contribution is 2.30. The molecule has 0 saturated carbocycles. The fourth-order valence-corrected chi connectivity index (χ4v) is 3.21. The summed E-state index contributed by atoms with van der Waals surface area (Å²) in [5.41, 5.74) is 1.99. The number of carbonyl (C=O) groups excluding carboxylic acids is 1. The first-order chi connectivity index (χ1) is 14.2. The molecule has 0 bridgehead atoms. The molecular weight excluding hydrogens is 401 g/mol. The Morgan fingerprint density at radius 3 is 2.73 bits per heavy atom. The summed E-state index contributed by atoms with van der Waals surface area (Å²) in [5, 5.41) is 16.3. The van der Waals surface area contributed by atoms with Crippen LogP contribution < -0.4 is 15.3 Å². The number of hydrogen-bond acceptors (Lipinski definition) is 6. The fraction of sp³-hybridized carbons (Fsp3) is 0.400. The molecule has 0 radical (unpaired) electrons. The molecule has 0 saturated heterocycles. The Balaban J connectivity index is 1.49. The van der Waals surface area contributed by atoms with E-state index >= 15 is 0 Å². The Hall–Kier alpha value is -3.01. The van der Waals surface area contributed by atoms with Crippen molar-refractivity contribution < 1.29 is 27.8 Å². The van der Waals surface area contributed by atoms with Gasteiger partial charge >= 0.3 is 6.18 Å². The van der Waals surface area contributed by atoms with Gasteiger partial charge in [0.15, 0.2) is 0 Å². The number of aryl methyl sites for hydroxylation is 2. The highest BCUT2D eigenvalue weighted by molar-refractivity contribution is 5.87. The third-order valence-corrected chi connectivity index (χ3v) is 4.78. The lowest BCUT2D eigenvalue weighted by Gasteiger charge is -2.19. The molecule has 0 spiro atoms. The number of hydrazine groups is 1. The van der Waals surface area contributed by atoms with Crippen LogP contribution >= 0.6 is 0 Å². The number of rotatable bonds is 9. The molecule has 10 heteroatoms. The van der Waals surface area contributed by atoms with Crippen LogP contribution in [0.15, 0.2) is 47.9 Å². The van der Waals surface area contributed by atoms with Gasteiger partial charge in [0.25, 0.3) is 0 Å². The normalized spacial score (nSPS) is 14.8. The van der Waals surface area contributed by atoms with E-state index in [9.17, 15) is 23.1 Å². The van der Waals surface area contributed by atoms with E-state index in [1.807, 2.05) is 42.1 Å². The zero-order valence-electron chi connectivity index (χ0n) is 16.4. The molecule has 1 aliphatic heterocycles. The Labute approximate surface area is 171 Å². The number of carboxylic acid groups (broad SMARTS) is 1. The van der Waals surface area contributed by atoms with Crippen molar-refractivity contribution in [1.29, 1.82) is 0 Å². The smallest absolute Gasteiger partial charge is 0.432 e. The van der Waals surface area contributed by atoms with Crippen molar-refractivity contribution in [3.05, 3.63) is 59.1 Å². The number of halogens is 3. The summed E-state index contributed by atoms with van der Waals surface area (Å²) in [4.78, 5) is 11.0. The number of aliphatic carboxylic acids is 1. The molecule has 2 aromatic rings. The number of aromatic nitrogens is 2.